The normalized spacial score (nSPS) is 24.2. The van der Waals surface area contributed by atoms with Gasteiger partial charge in [0.25, 0.3) is 0 Å². The van der Waals surface area contributed by atoms with Crippen molar-refractivity contribution in [2.24, 2.45) is 4.99 Å². The van der Waals surface area contributed by atoms with Gasteiger partial charge in [0.2, 0.25) is 0 Å². The van der Waals surface area contributed by atoms with E-state index in [-0.39, 0.29) is 0 Å². The van der Waals surface area contributed by atoms with Crippen LogP contribution in [-0.2, 0) is 11.3 Å². The number of morpholine rings is 1. The van der Waals surface area contributed by atoms with Gasteiger partial charge in [0, 0.05) is 58.1 Å². The van der Waals surface area contributed by atoms with Gasteiger partial charge in [-0.25, -0.2) is 9.98 Å². The Bertz CT molecular complexity index is 654. The number of hydrogen-bond donors (Lipinski definition) is 1. The molecule has 1 unspecified atom stereocenters. The number of ether oxygens (including phenoxy) is 1. The van der Waals surface area contributed by atoms with E-state index in [9.17, 15) is 0 Å². The summed E-state index contributed by atoms with van der Waals surface area (Å²) in [4.78, 5) is 16.9. The van der Waals surface area contributed by atoms with E-state index in [4.69, 9.17) is 9.73 Å². The predicted octanol–water partition coefficient (Wildman–Crippen LogP) is 1.55. The van der Waals surface area contributed by atoms with Crippen LogP contribution < -0.4 is 10.2 Å². The Labute approximate surface area is 168 Å². The Morgan fingerprint density at radius 3 is 2.82 bits per heavy atom. The first-order chi connectivity index (χ1) is 13.8. The average Bonchev–Trinajstić information content (AvgIpc) is 3.44. The molecule has 0 spiro atoms. The van der Waals surface area contributed by atoms with Crippen molar-refractivity contribution in [3.8, 4) is 0 Å². The molecule has 0 aliphatic carbocycles. The van der Waals surface area contributed by atoms with Crippen molar-refractivity contribution < 1.29 is 4.74 Å². The van der Waals surface area contributed by atoms with Crippen LogP contribution in [0.1, 0.15) is 31.7 Å². The molecule has 4 rings (SSSR count). The first-order valence-electron chi connectivity index (χ1n) is 10.9. The molecule has 154 valence electrons. The van der Waals surface area contributed by atoms with E-state index in [2.05, 4.69) is 44.1 Å². The van der Waals surface area contributed by atoms with Gasteiger partial charge in [0.05, 0.1) is 19.8 Å². The molecule has 3 aliphatic heterocycles. The molecule has 0 saturated carbocycles. The van der Waals surface area contributed by atoms with E-state index in [0.717, 1.165) is 70.8 Å². The van der Waals surface area contributed by atoms with Gasteiger partial charge in [-0.05, 0) is 43.9 Å². The van der Waals surface area contributed by atoms with Gasteiger partial charge < -0.3 is 19.9 Å². The second-order valence-corrected chi connectivity index (χ2v) is 7.92. The molecular formula is C21H34N6O. The molecule has 3 aliphatic rings. The van der Waals surface area contributed by atoms with Crippen molar-refractivity contribution in [3.63, 3.8) is 0 Å². The number of nitrogens with one attached hydrogen (secondary N) is 1. The summed E-state index contributed by atoms with van der Waals surface area (Å²) in [5.74, 6) is 2.14. The van der Waals surface area contributed by atoms with Crippen molar-refractivity contribution in [1.29, 1.82) is 0 Å². The smallest absolute Gasteiger partial charge is 0.194 e. The molecule has 3 fully saturated rings. The second-order valence-electron chi connectivity index (χ2n) is 7.92. The minimum absolute atomic E-state index is 0.621. The highest BCUT2D eigenvalue weighted by Crippen LogP contribution is 2.20. The molecule has 0 aromatic carbocycles. The summed E-state index contributed by atoms with van der Waals surface area (Å²) in [5, 5.41) is 3.49. The van der Waals surface area contributed by atoms with Gasteiger partial charge in [0.15, 0.2) is 5.96 Å². The third-order valence-corrected chi connectivity index (χ3v) is 6.01. The molecule has 3 saturated heterocycles. The zero-order valence-electron chi connectivity index (χ0n) is 17.1. The Morgan fingerprint density at radius 2 is 2.04 bits per heavy atom. The number of likely N-dealkylation sites (tertiary alicyclic amines) is 1. The average molecular weight is 387 g/mol. The number of hydrogen-bond acceptors (Lipinski definition) is 5. The summed E-state index contributed by atoms with van der Waals surface area (Å²) < 4.78 is 5.51. The quantitative estimate of drug-likeness (QED) is 0.612. The number of guanidine groups is 1. The molecule has 7 nitrogen and oxygen atoms in total. The van der Waals surface area contributed by atoms with Gasteiger partial charge >= 0.3 is 0 Å². The Balaban J connectivity index is 1.39. The van der Waals surface area contributed by atoms with E-state index in [1.54, 1.807) is 0 Å². The lowest BCUT2D eigenvalue weighted by atomic mass is 10.2. The van der Waals surface area contributed by atoms with E-state index in [1.165, 1.54) is 24.8 Å². The van der Waals surface area contributed by atoms with Crippen LogP contribution in [0.3, 0.4) is 0 Å². The topological polar surface area (TPSA) is 56.2 Å². The Hall–Kier alpha value is -1.86. The van der Waals surface area contributed by atoms with Crippen LogP contribution in [0.2, 0.25) is 0 Å². The maximum Gasteiger partial charge on any atom is 0.194 e. The van der Waals surface area contributed by atoms with Crippen molar-refractivity contribution in [3.05, 3.63) is 23.9 Å². The van der Waals surface area contributed by atoms with Gasteiger partial charge in [-0.3, -0.25) is 4.90 Å². The molecule has 1 N–H and O–H groups in total. The zero-order chi connectivity index (χ0) is 19.2. The lowest BCUT2D eigenvalue weighted by molar-refractivity contribution is 0.0195. The summed E-state index contributed by atoms with van der Waals surface area (Å²) in [7, 11) is 0. The van der Waals surface area contributed by atoms with Crippen LogP contribution in [0.15, 0.2) is 23.3 Å². The number of anilines is 1. The highest BCUT2D eigenvalue weighted by atomic mass is 16.5. The van der Waals surface area contributed by atoms with Gasteiger partial charge in [0.1, 0.15) is 5.82 Å². The molecule has 0 amide bonds. The third-order valence-electron chi connectivity index (χ3n) is 6.01. The van der Waals surface area contributed by atoms with Gasteiger partial charge in [-0.2, -0.15) is 0 Å². The first kappa shape index (κ1) is 19.5. The van der Waals surface area contributed by atoms with E-state index in [0.29, 0.717) is 12.6 Å². The zero-order valence-corrected chi connectivity index (χ0v) is 17.1. The van der Waals surface area contributed by atoms with Crippen LogP contribution in [0.5, 0.6) is 0 Å². The Kier molecular flexibility index (Phi) is 6.65. The van der Waals surface area contributed by atoms with Crippen molar-refractivity contribution in [1.82, 2.24) is 20.1 Å². The summed E-state index contributed by atoms with van der Waals surface area (Å²) in [5.41, 5.74) is 1.23. The lowest BCUT2D eigenvalue weighted by Crippen LogP contribution is -2.46. The predicted molar refractivity (Wildman–Crippen MR) is 113 cm³/mol. The monoisotopic (exact) mass is 386 g/mol. The molecule has 1 aromatic heterocycles. The lowest BCUT2D eigenvalue weighted by Gasteiger charge is -2.32. The summed E-state index contributed by atoms with van der Waals surface area (Å²) in [6.07, 6.45) is 5.68. The van der Waals surface area contributed by atoms with Crippen molar-refractivity contribution in [2.45, 2.75) is 38.8 Å². The fourth-order valence-electron chi connectivity index (χ4n) is 4.44. The molecule has 1 aromatic rings. The summed E-state index contributed by atoms with van der Waals surface area (Å²) >= 11 is 0. The summed E-state index contributed by atoms with van der Waals surface area (Å²) in [6.45, 7) is 12.0. The van der Waals surface area contributed by atoms with Crippen LogP contribution in [0.25, 0.3) is 0 Å². The SMILES string of the molecule is CCNC(=NCc1ccnc(N2CCCC2)c1)N1CCC(N2CCOCC2)C1. The van der Waals surface area contributed by atoms with Crippen LogP contribution >= 0.6 is 0 Å². The highest BCUT2D eigenvalue weighted by molar-refractivity contribution is 5.80. The van der Waals surface area contributed by atoms with Gasteiger partial charge in [-0.15, -0.1) is 0 Å². The standard InChI is InChI=1S/C21H34N6O/c1-2-22-21(27-10-6-19(17-27)25-11-13-28-14-12-25)24-16-18-5-7-23-20(15-18)26-8-3-4-9-26/h5,7,15,19H,2-4,6,8-14,16-17H2,1H3,(H,22,24). The molecule has 4 heterocycles. The minimum Gasteiger partial charge on any atom is -0.379 e. The number of pyridine rings is 1. The molecule has 7 heteroatoms. The maximum atomic E-state index is 5.51. The van der Waals surface area contributed by atoms with Crippen molar-refractivity contribution >= 4 is 11.8 Å². The minimum atomic E-state index is 0.621. The number of nitrogens with zero attached hydrogens (tertiary/aromatic N) is 5. The second kappa shape index (κ2) is 9.56. The third kappa shape index (κ3) is 4.75. The van der Waals surface area contributed by atoms with E-state index < -0.39 is 0 Å². The molecule has 0 bridgehead atoms. The molecule has 0 radical (unpaired) electrons. The largest absolute Gasteiger partial charge is 0.379 e. The van der Waals surface area contributed by atoms with E-state index >= 15 is 0 Å². The fourth-order valence-corrected chi connectivity index (χ4v) is 4.44. The fraction of sp³-hybridized carbons (Fsp3) is 0.714. The molecule has 1 atom stereocenters. The molecular weight excluding hydrogens is 352 g/mol. The van der Waals surface area contributed by atoms with Crippen LogP contribution in [-0.4, -0.2) is 85.8 Å². The highest BCUT2D eigenvalue weighted by Gasteiger charge is 2.30. The number of rotatable bonds is 5. The van der Waals surface area contributed by atoms with Crippen LogP contribution in [0.4, 0.5) is 5.82 Å². The van der Waals surface area contributed by atoms with Gasteiger partial charge in [-0.1, -0.05) is 0 Å². The van der Waals surface area contributed by atoms with Crippen molar-refractivity contribution in [2.75, 3.05) is 63.9 Å². The molecule has 28 heavy (non-hydrogen) atoms. The maximum absolute atomic E-state index is 5.51. The summed E-state index contributed by atoms with van der Waals surface area (Å²) in [6, 6.07) is 4.92. The number of aliphatic imine (C=N–C) groups is 1. The Morgan fingerprint density at radius 1 is 1.21 bits per heavy atom. The number of aromatic nitrogens is 1. The van der Waals surface area contributed by atoms with Crippen LogP contribution in [0, 0.1) is 0 Å². The first-order valence-corrected chi connectivity index (χ1v) is 10.9. The van der Waals surface area contributed by atoms with E-state index in [1.807, 2.05) is 6.20 Å².